The van der Waals surface area contributed by atoms with Crippen LogP contribution in [0.5, 0.6) is 0 Å². The molecule has 1 nitrogen and oxygen atoms in total. The van der Waals surface area contributed by atoms with E-state index in [-0.39, 0.29) is 0 Å². The monoisotopic (exact) mass is 395 g/mol. The quantitative estimate of drug-likeness (QED) is 0.470. The Morgan fingerprint density at radius 1 is 0.800 bits per heavy atom. The van der Waals surface area contributed by atoms with Gasteiger partial charge in [0.1, 0.15) is 0 Å². The lowest BCUT2D eigenvalue weighted by molar-refractivity contribution is 0.892. The summed E-state index contributed by atoms with van der Waals surface area (Å²) in [6.07, 6.45) is 0. The topological polar surface area (TPSA) is 12.0 Å². The summed E-state index contributed by atoms with van der Waals surface area (Å²) in [6.45, 7) is 16.6. The second-order valence-electron chi connectivity index (χ2n) is 9.01. The van der Waals surface area contributed by atoms with Crippen LogP contribution in [0.25, 0.3) is 16.3 Å². The lowest BCUT2D eigenvalue weighted by atomic mass is 9.86. The summed E-state index contributed by atoms with van der Waals surface area (Å²) in [5, 5.41) is 6.45. The zero-order valence-electron chi connectivity index (χ0n) is 19.4. The lowest BCUT2D eigenvalue weighted by Gasteiger charge is -2.21. The minimum Gasteiger partial charge on any atom is -0.380 e. The molecule has 30 heavy (non-hydrogen) atoms. The fourth-order valence-electron chi connectivity index (χ4n) is 5.21. The Bertz CT molecular complexity index is 1180. The highest BCUT2D eigenvalue weighted by Crippen LogP contribution is 2.44. The van der Waals surface area contributed by atoms with E-state index in [0.717, 1.165) is 6.54 Å². The first-order chi connectivity index (χ1) is 14.3. The molecule has 1 N–H and O–H groups in total. The molecule has 1 aliphatic rings. The van der Waals surface area contributed by atoms with Gasteiger partial charge in [0.05, 0.1) is 0 Å². The molecule has 1 heteroatoms. The predicted molar refractivity (Wildman–Crippen MR) is 132 cm³/mol. The van der Waals surface area contributed by atoms with Gasteiger partial charge in [-0.3, -0.25) is 0 Å². The molecule has 0 fully saturated rings. The Hall–Kier alpha value is -2.80. The van der Waals surface area contributed by atoms with Crippen LogP contribution in [0.15, 0.2) is 65.3 Å². The van der Waals surface area contributed by atoms with Gasteiger partial charge in [0, 0.05) is 18.2 Å². The van der Waals surface area contributed by atoms with Gasteiger partial charge < -0.3 is 5.32 Å². The second kappa shape index (κ2) is 7.80. The molecule has 1 aliphatic carbocycles. The van der Waals surface area contributed by atoms with Crippen molar-refractivity contribution in [2.45, 2.75) is 55.0 Å². The Morgan fingerprint density at radius 2 is 1.47 bits per heavy atom. The number of rotatable bonds is 4. The highest BCUT2D eigenvalue weighted by atomic mass is 14.9. The molecule has 1 atom stereocenters. The maximum atomic E-state index is 3.80. The van der Waals surface area contributed by atoms with Crippen LogP contribution in [0.3, 0.4) is 0 Å². The van der Waals surface area contributed by atoms with Gasteiger partial charge in [0.2, 0.25) is 0 Å². The third kappa shape index (κ3) is 3.37. The van der Waals surface area contributed by atoms with Crippen molar-refractivity contribution in [2.75, 3.05) is 5.32 Å². The van der Waals surface area contributed by atoms with E-state index in [0.29, 0.717) is 5.92 Å². The number of hydrogen-bond donors (Lipinski definition) is 1. The first kappa shape index (κ1) is 20.5. The number of hydrogen-bond acceptors (Lipinski definition) is 1. The number of allylic oxidation sites excluding steroid dienone is 4. The fraction of sp³-hybridized carbons (Fsp3) is 0.310. The molecule has 0 heterocycles. The number of nitrogens with one attached hydrogen (secondary N) is 1. The molecular formula is C29H33N. The maximum absolute atomic E-state index is 3.80. The van der Waals surface area contributed by atoms with Gasteiger partial charge >= 0.3 is 0 Å². The molecule has 0 bridgehead atoms. The minimum atomic E-state index is 0.466. The molecule has 3 aromatic rings. The van der Waals surface area contributed by atoms with E-state index in [2.05, 4.69) is 102 Å². The van der Waals surface area contributed by atoms with Gasteiger partial charge in [-0.15, -0.1) is 0 Å². The fourth-order valence-corrected chi connectivity index (χ4v) is 5.21. The lowest BCUT2D eigenvalue weighted by Crippen LogP contribution is -2.08. The molecule has 0 aromatic heterocycles. The molecule has 4 rings (SSSR count). The van der Waals surface area contributed by atoms with Crippen LogP contribution in [0, 0.1) is 26.7 Å². The number of aryl methyl sites for hydroxylation is 3. The molecule has 0 amide bonds. The highest BCUT2D eigenvalue weighted by molar-refractivity contribution is 5.93. The average molecular weight is 396 g/mol. The Balaban J connectivity index is 1.84. The van der Waals surface area contributed by atoms with Crippen LogP contribution in [0.4, 0.5) is 5.69 Å². The first-order valence-electron chi connectivity index (χ1n) is 11.0. The zero-order valence-corrected chi connectivity index (χ0v) is 19.4. The molecule has 0 radical (unpaired) electrons. The van der Waals surface area contributed by atoms with Gasteiger partial charge in [-0.25, -0.2) is 0 Å². The van der Waals surface area contributed by atoms with Gasteiger partial charge in [0.25, 0.3) is 0 Å². The van der Waals surface area contributed by atoms with Crippen molar-refractivity contribution in [3.8, 4) is 0 Å². The van der Waals surface area contributed by atoms with E-state index in [1.54, 1.807) is 0 Å². The molecule has 0 saturated heterocycles. The van der Waals surface area contributed by atoms with Crippen LogP contribution < -0.4 is 5.32 Å². The normalized spacial score (nSPS) is 16.7. The molecule has 0 spiro atoms. The van der Waals surface area contributed by atoms with E-state index >= 15 is 0 Å². The number of anilines is 1. The largest absolute Gasteiger partial charge is 0.380 e. The van der Waals surface area contributed by atoms with Gasteiger partial charge in [0.15, 0.2) is 0 Å². The summed E-state index contributed by atoms with van der Waals surface area (Å²) in [7, 11) is 0. The van der Waals surface area contributed by atoms with Crippen LogP contribution in [-0.4, -0.2) is 0 Å². The predicted octanol–water partition coefficient (Wildman–Crippen LogP) is 8.14. The van der Waals surface area contributed by atoms with Crippen molar-refractivity contribution in [2.24, 2.45) is 5.92 Å². The van der Waals surface area contributed by atoms with E-state index in [1.807, 2.05) is 0 Å². The number of benzene rings is 3. The Kier molecular flexibility index (Phi) is 5.32. The minimum absolute atomic E-state index is 0.466. The van der Waals surface area contributed by atoms with E-state index < -0.39 is 0 Å². The van der Waals surface area contributed by atoms with Crippen LogP contribution in [-0.2, 0) is 6.54 Å². The third-order valence-corrected chi connectivity index (χ3v) is 7.09. The first-order valence-corrected chi connectivity index (χ1v) is 11.0. The standard InChI is InChI=1S/C29H33N/c1-17-14-18(2)29(19(3)15-17)30-16-27-25-11-9-8-10-24(25)12-13-26(27)28-22(6)20(4)21(5)23(28)7/h8-15,22,30H,16H2,1-7H3. The van der Waals surface area contributed by atoms with Crippen molar-refractivity contribution in [3.63, 3.8) is 0 Å². The summed E-state index contributed by atoms with van der Waals surface area (Å²) in [5.74, 6) is 0.466. The van der Waals surface area contributed by atoms with Crippen LogP contribution >= 0.6 is 0 Å². The molecule has 0 saturated carbocycles. The summed E-state index contributed by atoms with van der Waals surface area (Å²) in [6, 6.07) is 17.9. The summed E-state index contributed by atoms with van der Waals surface area (Å²) >= 11 is 0. The third-order valence-electron chi connectivity index (χ3n) is 7.09. The number of fused-ring (bicyclic) bond motifs is 1. The maximum Gasteiger partial charge on any atom is 0.0413 e. The van der Waals surface area contributed by atoms with Crippen molar-refractivity contribution in [3.05, 3.63) is 93.1 Å². The molecular weight excluding hydrogens is 362 g/mol. The van der Waals surface area contributed by atoms with Gasteiger partial charge in [-0.2, -0.15) is 0 Å². The molecule has 0 aliphatic heterocycles. The van der Waals surface area contributed by atoms with E-state index in [1.165, 1.54) is 66.6 Å². The smallest absolute Gasteiger partial charge is 0.0413 e. The van der Waals surface area contributed by atoms with E-state index in [9.17, 15) is 0 Å². The van der Waals surface area contributed by atoms with Crippen LogP contribution in [0.2, 0.25) is 0 Å². The molecule has 3 aromatic carbocycles. The Labute approximate surface area is 181 Å². The van der Waals surface area contributed by atoms with Crippen LogP contribution in [0.1, 0.15) is 55.5 Å². The van der Waals surface area contributed by atoms with Crippen molar-refractivity contribution in [1.29, 1.82) is 0 Å². The summed E-state index contributed by atoms with van der Waals surface area (Å²) < 4.78 is 0. The van der Waals surface area contributed by atoms with Gasteiger partial charge in [-0.05, 0) is 91.3 Å². The van der Waals surface area contributed by atoms with Crippen molar-refractivity contribution >= 4 is 22.0 Å². The van der Waals surface area contributed by atoms with E-state index in [4.69, 9.17) is 0 Å². The second-order valence-corrected chi connectivity index (χ2v) is 9.01. The molecule has 154 valence electrons. The highest BCUT2D eigenvalue weighted by Gasteiger charge is 2.26. The zero-order chi connectivity index (χ0) is 21.6. The van der Waals surface area contributed by atoms with Gasteiger partial charge in [-0.1, -0.05) is 66.6 Å². The van der Waals surface area contributed by atoms with Crippen molar-refractivity contribution < 1.29 is 0 Å². The SMILES string of the molecule is CC1=C(C)C(C)C(c2ccc3ccccc3c2CNc2c(C)cc(C)cc2C)=C1C. The average Bonchev–Trinajstić information content (AvgIpc) is 2.90. The van der Waals surface area contributed by atoms with Crippen molar-refractivity contribution in [1.82, 2.24) is 0 Å². The summed E-state index contributed by atoms with van der Waals surface area (Å²) in [4.78, 5) is 0. The molecule has 1 unspecified atom stereocenters. The summed E-state index contributed by atoms with van der Waals surface area (Å²) in [5.41, 5.74) is 13.9. The Morgan fingerprint density at radius 3 is 2.10 bits per heavy atom.